The zero-order valence-corrected chi connectivity index (χ0v) is 11.1. The van der Waals surface area contributed by atoms with E-state index < -0.39 is 0 Å². The molecular weight excluding hydrogens is 214 g/mol. The number of rotatable bonds is 2. The summed E-state index contributed by atoms with van der Waals surface area (Å²) in [5.74, 6) is 0.342. The second-order valence-corrected chi connectivity index (χ2v) is 5.95. The Kier molecular flexibility index (Phi) is 3.54. The molecule has 2 rings (SSSR count). The van der Waals surface area contributed by atoms with Crippen LogP contribution in [0.25, 0.3) is 0 Å². The molecular formula is C13H23N3O. The van der Waals surface area contributed by atoms with Gasteiger partial charge in [-0.15, -0.1) is 0 Å². The highest BCUT2D eigenvalue weighted by Gasteiger charge is 2.27. The fraction of sp³-hybridized carbons (Fsp3) is 0.769. The Balaban J connectivity index is 1.94. The molecule has 4 heteroatoms. The molecule has 1 aliphatic carbocycles. The Morgan fingerprint density at radius 1 is 1.24 bits per heavy atom. The Labute approximate surface area is 104 Å². The second kappa shape index (κ2) is 4.78. The quantitative estimate of drug-likeness (QED) is 0.777. The van der Waals surface area contributed by atoms with Crippen molar-refractivity contribution in [2.75, 3.05) is 33.2 Å². The van der Waals surface area contributed by atoms with Gasteiger partial charge in [0.2, 0.25) is 0 Å². The molecule has 96 valence electrons. The molecule has 17 heavy (non-hydrogen) atoms. The highest BCUT2D eigenvalue weighted by Crippen LogP contribution is 2.30. The van der Waals surface area contributed by atoms with E-state index in [9.17, 15) is 4.79 Å². The number of piperazine rings is 1. The maximum Gasteiger partial charge on any atom is 0.139 e. The molecule has 0 aromatic carbocycles. The average Bonchev–Trinajstić information content (AvgIpc) is 2.18. The lowest BCUT2D eigenvalue weighted by Crippen LogP contribution is -2.51. The first-order valence-corrected chi connectivity index (χ1v) is 6.38. The van der Waals surface area contributed by atoms with Crippen LogP contribution in [0.2, 0.25) is 0 Å². The number of hydrogen-bond donors (Lipinski definition) is 1. The molecule has 1 heterocycles. The van der Waals surface area contributed by atoms with Crippen LogP contribution in [0.5, 0.6) is 0 Å². The standard InChI is InChI=1S/C13H23N3O/c1-13(2)9-11(8-12(17)10-13)14-16-6-4-15(3)5-7-16/h9,14H,4-8,10H2,1-3H3. The van der Waals surface area contributed by atoms with Crippen molar-refractivity contribution in [3.8, 4) is 0 Å². The summed E-state index contributed by atoms with van der Waals surface area (Å²) in [5, 5.41) is 2.22. The molecule has 0 bridgehead atoms. The third kappa shape index (κ3) is 3.54. The van der Waals surface area contributed by atoms with Crippen molar-refractivity contribution in [2.45, 2.75) is 26.7 Å². The summed E-state index contributed by atoms with van der Waals surface area (Å²) in [7, 11) is 2.14. The maximum atomic E-state index is 11.7. The molecule has 1 saturated heterocycles. The number of carbonyl (C=O) groups is 1. The van der Waals surface area contributed by atoms with E-state index in [1.165, 1.54) is 0 Å². The minimum atomic E-state index is 0.00421. The fourth-order valence-electron chi connectivity index (χ4n) is 2.55. The summed E-state index contributed by atoms with van der Waals surface area (Å²) < 4.78 is 0. The van der Waals surface area contributed by atoms with Gasteiger partial charge in [0.15, 0.2) is 0 Å². The van der Waals surface area contributed by atoms with Crippen molar-refractivity contribution >= 4 is 5.78 Å². The number of likely N-dealkylation sites (N-methyl/N-ethyl adjacent to an activating group) is 1. The Morgan fingerprint density at radius 3 is 2.47 bits per heavy atom. The van der Waals surface area contributed by atoms with E-state index in [0.29, 0.717) is 18.6 Å². The van der Waals surface area contributed by atoms with Crippen LogP contribution in [0.1, 0.15) is 26.7 Å². The Hall–Kier alpha value is -0.870. The van der Waals surface area contributed by atoms with Crippen LogP contribution in [0.3, 0.4) is 0 Å². The first kappa shape index (κ1) is 12.6. The van der Waals surface area contributed by atoms with Crippen LogP contribution in [0, 0.1) is 5.41 Å². The van der Waals surface area contributed by atoms with Crippen LogP contribution in [0.4, 0.5) is 0 Å². The number of nitrogens with one attached hydrogen (secondary N) is 1. The van der Waals surface area contributed by atoms with E-state index in [0.717, 1.165) is 31.9 Å². The molecule has 0 aromatic rings. The normalized spacial score (nSPS) is 26.8. The lowest BCUT2D eigenvalue weighted by atomic mass is 9.81. The van der Waals surface area contributed by atoms with Gasteiger partial charge in [-0.05, 0) is 12.5 Å². The first-order valence-electron chi connectivity index (χ1n) is 6.38. The number of allylic oxidation sites excluding steroid dienone is 2. The zero-order valence-electron chi connectivity index (χ0n) is 11.1. The van der Waals surface area contributed by atoms with E-state index in [1.807, 2.05) is 0 Å². The first-order chi connectivity index (χ1) is 7.94. The summed E-state index contributed by atoms with van der Waals surface area (Å²) in [6.45, 7) is 8.44. The van der Waals surface area contributed by atoms with Crippen LogP contribution in [0.15, 0.2) is 11.8 Å². The minimum absolute atomic E-state index is 0.00421. The average molecular weight is 237 g/mol. The van der Waals surface area contributed by atoms with Crippen LogP contribution in [-0.2, 0) is 4.79 Å². The molecule has 0 amide bonds. The van der Waals surface area contributed by atoms with Crippen molar-refractivity contribution in [1.29, 1.82) is 0 Å². The molecule has 0 unspecified atom stereocenters. The summed E-state index contributed by atoms with van der Waals surface area (Å²) in [5.41, 5.74) is 4.49. The fourth-order valence-corrected chi connectivity index (χ4v) is 2.55. The number of nitrogens with zero attached hydrogens (tertiary/aromatic N) is 2. The van der Waals surface area contributed by atoms with Crippen molar-refractivity contribution in [1.82, 2.24) is 15.3 Å². The van der Waals surface area contributed by atoms with Crippen LogP contribution >= 0.6 is 0 Å². The predicted molar refractivity (Wildman–Crippen MR) is 68.3 cm³/mol. The van der Waals surface area contributed by atoms with Gasteiger partial charge in [-0.3, -0.25) is 4.79 Å². The van der Waals surface area contributed by atoms with E-state index >= 15 is 0 Å². The highest BCUT2D eigenvalue weighted by atomic mass is 16.1. The molecule has 2 aliphatic rings. The molecule has 0 aromatic heterocycles. The monoisotopic (exact) mass is 237 g/mol. The van der Waals surface area contributed by atoms with Gasteiger partial charge < -0.3 is 10.3 Å². The van der Waals surface area contributed by atoms with E-state index in [1.54, 1.807) is 0 Å². The third-order valence-electron chi connectivity index (χ3n) is 3.41. The largest absolute Gasteiger partial charge is 0.323 e. The number of Topliss-reactive ketones (excluding diaryl/α,β-unsaturated/α-hetero) is 1. The van der Waals surface area contributed by atoms with Gasteiger partial charge in [-0.1, -0.05) is 19.9 Å². The van der Waals surface area contributed by atoms with Gasteiger partial charge >= 0.3 is 0 Å². The van der Waals surface area contributed by atoms with E-state index in [2.05, 4.69) is 42.3 Å². The molecule has 1 N–H and O–H groups in total. The topological polar surface area (TPSA) is 35.6 Å². The number of carbonyl (C=O) groups excluding carboxylic acids is 1. The molecule has 0 spiro atoms. The van der Waals surface area contributed by atoms with Crippen molar-refractivity contribution in [3.05, 3.63) is 11.8 Å². The van der Waals surface area contributed by atoms with Crippen LogP contribution < -0.4 is 5.43 Å². The summed E-state index contributed by atoms with van der Waals surface area (Å²) in [6.07, 6.45) is 3.45. The molecule has 0 saturated carbocycles. The molecule has 4 nitrogen and oxygen atoms in total. The van der Waals surface area contributed by atoms with Gasteiger partial charge in [0.25, 0.3) is 0 Å². The summed E-state index contributed by atoms with van der Waals surface area (Å²) in [6, 6.07) is 0. The summed E-state index contributed by atoms with van der Waals surface area (Å²) in [4.78, 5) is 14.0. The van der Waals surface area contributed by atoms with Gasteiger partial charge in [-0.2, -0.15) is 0 Å². The van der Waals surface area contributed by atoms with E-state index in [-0.39, 0.29) is 5.41 Å². The number of hydrazine groups is 1. The van der Waals surface area contributed by atoms with Crippen molar-refractivity contribution in [3.63, 3.8) is 0 Å². The SMILES string of the molecule is CN1CCN(NC2=CC(C)(C)CC(=O)C2)CC1. The molecule has 0 atom stereocenters. The second-order valence-electron chi connectivity index (χ2n) is 5.95. The third-order valence-corrected chi connectivity index (χ3v) is 3.41. The molecule has 1 fully saturated rings. The number of hydrogen-bond acceptors (Lipinski definition) is 4. The van der Waals surface area contributed by atoms with Gasteiger partial charge in [0, 0.05) is 44.7 Å². The van der Waals surface area contributed by atoms with Gasteiger partial charge in [0.1, 0.15) is 5.78 Å². The lowest BCUT2D eigenvalue weighted by molar-refractivity contribution is -0.120. The minimum Gasteiger partial charge on any atom is -0.323 e. The molecule has 0 radical (unpaired) electrons. The van der Waals surface area contributed by atoms with Crippen LogP contribution in [-0.4, -0.2) is 48.9 Å². The zero-order chi connectivity index (χ0) is 12.5. The van der Waals surface area contributed by atoms with Gasteiger partial charge in [0.05, 0.1) is 0 Å². The highest BCUT2D eigenvalue weighted by molar-refractivity contribution is 5.82. The summed E-state index contributed by atoms with van der Waals surface area (Å²) >= 11 is 0. The predicted octanol–water partition coefficient (Wildman–Crippen LogP) is 1.01. The number of ketones is 1. The van der Waals surface area contributed by atoms with Crippen molar-refractivity contribution < 1.29 is 4.79 Å². The maximum absolute atomic E-state index is 11.7. The van der Waals surface area contributed by atoms with Crippen molar-refractivity contribution in [2.24, 2.45) is 5.41 Å². The van der Waals surface area contributed by atoms with E-state index in [4.69, 9.17) is 0 Å². The smallest absolute Gasteiger partial charge is 0.139 e. The Bertz CT molecular complexity index is 328. The molecule has 1 aliphatic heterocycles. The Morgan fingerprint density at radius 2 is 1.88 bits per heavy atom. The van der Waals surface area contributed by atoms with Gasteiger partial charge in [-0.25, -0.2) is 5.01 Å². The lowest BCUT2D eigenvalue weighted by Gasteiger charge is -2.35.